The number of hydrogen-bond donors (Lipinski definition) is 2. The summed E-state index contributed by atoms with van der Waals surface area (Å²) in [4.78, 5) is 14.1. The van der Waals surface area contributed by atoms with Gasteiger partial charge in [-0.2, -0.15) is 0 Å². The fraction of sp³-hybridized carbons (Fsp3) is 0.538. The van der Waals surface area contributed by atoms with Crippen LogP contribution in [0.2, 0.25) is 0 Å². The van der Waals surface area contributed by atoms with Crippen LogP contribution in [0.3, 0.4) is 0 Å². The number of hydrogen-bond acceptors (Lipinski definition) is 4. The molecule has 0 aromatic carbocycles. The van der Waals surface area contributed by atoms with Crippen molar-refractivity contribution < 1.29 is 14.4 Å². The van der Waals surface area contributed by atoms with Gasteiger partial charge in [0.1, 0.15) is 11.6 Å². The molecule has 1 saturated carbocycles. The number of carbonyl (C=O) groups excluding carboxylic acids is 1. The van der Waals surface area contributed by atoms with Gasteiger partial charge in [-0.05, 0) is 25.0 Å². The Labute approximate surface area is 111 Å². The maximum atomic E-state index is 12.3. The molecule has 2 rings (SSSR count). The minimum atomic E-state index is -0.118. The average molecular weight is 265 g/mol. The third kappa shape index (κ3) is 3.27. The van der Waals surface area contributed by atoms with Gasteiger partial charge in [0.05, 0.1) is 0 Å². The van der Waals surface area contributed by atoms with Crippen LogP contribution in [0.1, 0.15) is 42.5 Å². The van der Waals surface area contributed by atoms with Gasteiger partial charge in [0.25, 0.3) is 5.91 Å². The third-order valence-corrected chi connectivity index (χ3v) is 3.21. The normalized spacial score (nSPS) is 15.5. The number of rotatable bonds is 6. The largest absolute Gasteiger partial charge is 0.456 e. The summed E-state index contributed by atoms with van der Waals surface area (Å²) in [6, 6.07) is 3.79. The molecule has 0 aliphatic heterocycles. The zero-order valence-electron chi connectivity index (χ0n) is 11.0. The van der Waals surface area contributed by atoms with E-state index < -0.39 is 0 Å². The minimum absolute atomic E-state index is 0.118. The molecule has 3 N–H and O–H groups in total. The zero-order valence-corrected chi connectivity index (χ0v) is 11.0. The fourth-order valence-electron chi connectivity index (χ4n) is 1.95. The van der Waals surface area contributed by atoms with Crippen molar-refractivity contribution in [1.82, 2.24) is 4.90 Å². The predicted octanol–water partition coefficient (Wildman–Crippen LogP) is 1.58. The van der Waals surface area contributed by atoms with E-state index in [0.717, 1.165) is 25.0 Å². The van der Waals surface area contributed by atoms with E-state index in [-0.39, 0.29) is 17.8 Å². The van der Waals surface area contributed by atoms with Crippen molar-refractivity contribution in [1.29, 1.82) is 0 Å². The molecule has 0 spiro atoms. The SMILES string of the molecule is CCc1ccc(C(=O)N(CCC(N)=NO)C2CC2)o1. The summed E-state index contributed by atoms with van der Waals surface area (Å²) in [5.41, 5.74) is 5.44. The molecule has 6 nitrogen and oxygen atoms in total. The van der Waals surface area contributed by atoms with E-state index in [0.29, 0.717) is 18.7 Å². The number of oxime groups is 1. The Balaban J connectivity index is 2.04. The van der Waals surface area contributed by atoms with E-state index in [1.807, 2.05) is 13.0 Å². The molecule has 104 valence electrons. The van der Waals surface area contributed by atoms with E-state index in [1.165, 1.54) is 0 Å². The summed E-state index contributed by atoms with van der Waals surface area (Å²) in [6.45, 7) is 2.42. The van der Waals surface area contributed by atoms with Crippen molar-refractivity contribution >= 4 is 11.7 Å². The van der Waals surface area contributed by atoms with Gasteiger partial charge in [-0.1, -0.05) is 12.1 Å². The summed E-state index contributed by atoms with van der Waals surface area (Å²) in [6.07, 6.45) is 3.13. The van der Waals surface area contributed by atoms with Gasteiger partial charge in [0.2, 0.25) is 0 Å². The number of aryl methyl sites for hydroxylation is 1. The smallest absolute Gasteiger partial charge is 0.289 e. The molecular weight excluding hydrogens is 246 g/mol. The van der Waals surface area contributed by atoms with Gasteiger partial charge in [0.15, 0.2) is 5.76 Å². The van der Waals surface area contributed by atoms with Crippen LogP contribution in [0.5, 0.6) is 0 Å². The van der Waals surface area contributed by atoms with Crippen LogP contribution < -0.4 is 5.73 Å². The lowest BCUT2D eigenvalue weighted by atomic mass is 10.3. The molecule has 0 unspecified atom stereocenters. The highest BCUT2D eigenvalue weighted by atomic mass is 16.4. The van der Waals surface area contributed by atoms with Crippen molar-refractivity contribution in [3.05, 3.63) is 23.7 Å². The van der Waals surface area contributed by atoms with Crippen LogP contribution in [0.15, 0.2) is 21.7 Å². The lowest BCUT2D eigenvalue weighted by molar-refractivity contribution is 0.0713. The first kappa shape index (κ1) is 13.5. The molecule has 1 aliphatic carbocycles. The topological polar surface area (TPSA) is 92.1 Å². The lowest BCUT2D eigenvalue weighted by Crippen LogP contribution is -2.35. The predicted molar refractivity (Wildman–Crippen MR) is 70.2 cm³/mol. The van der Waals surface area contributed by atoms with Crippen LogP contribution >= 0.6 is 0 Å². The summed E-state index contributed by atoms with van der Waals surface area (Å²) < 4.78 is 5.48. The van der Waals surface area contributed by atoms with Gasteiger partial charge in [-0.15, -0.1) is 0 Å². The average Bonchev–Trinajstić information content (AvgIpc) is 3.14. The first-order valence-corrected chi connectivity index (χ1v) is 6.51. The Morgan fingerprint density at radius 2 is 2.32 bits per heavy atom. The van der Waals surface area contributed by atoms with Gasteiger partial charge in [0, 0.05) is 25.4 Å². The van der Waals surface area contributed by atoms with Crippen molar-refractivity contribution in [2.75, 3.05) is 6.54 Å². The summed E-state index contributed by atoms with van der Waals surface area (Å²) in [5, 5.41) is 11.5. The lowest BCUT2D eigenvalue weighted by Gasteiger charge is -2.20. The molecule has 1 heterocycles. The zero-order chi connectivity index (χ0) is 13.8. The summed E-state index contributed by atoms with van der Waals surface area (Å²) in [7, 11) is 0. The monoisotopic (exact) mass is 265 g/mol. The second kappa shape index (κ2) is 5.77. The molecule has 1 aliphatic rings. The molecule has 0 radical (unpaired) electrons. The molecule has 19 heavy (non-hydrogen) atoms. The number of amides is 1. The minimum Gasteiger partial charge on any atom is -0.456 e. The molecule has 6 heteroatoms. The van der Waals surface area contributed by atoms with Gasteiger partial charge < -0.3 is 20.3 Å². The fourth-order valence-corrected chi connectivity index (χ4v) is 1.95. The standard InChI is InChI=1S/C13H19N3O3/c1-2-10-5-6-11(19-10)13(17)16(9-3-4-9)8-7-12(14)15-18/h5-6,9,18H,2-4,7-8H2,1H3,(H2,14,15). The summed E-state index contributed by atoms with van der Waals surface area (Å²) >= 11 is 0. The summed E-state index contributed by atoms with van der Waals surface area (Å²) in [5.74, 6) is 1.18. The number of amidine groups is 1. The Morgan fingerprint density at radius 1 is 1.58 bits per heavy atom. The highest BCUT2D eigenvalue weighted by Gasteiger charge is 2.34. The van der Waals surface area contributed by atoms with E-state index in [4.69, 9.17) is 15.4 Å². The van der Waals surface area contributed by atoms with Crippen molar-refractivity contribution in [3.8, 4) is 0 Å². The van der Waals surface area contributed by atoms with Gasteiger partial charge in [-0.25, -0.2) is 0 Å². The highest BCUT2D eigenvalue weighted by Crippen LogP contribution is 2.28. The van der Waals surface area contributed by atoms with E-state index in [1.54, 1.807) is 11.0 Å². The first-order chi connectivity index (χ1) is 9.15. The van der Waals surface area contributed by atoms with Crippen molar-refractivity contribution in [2.45, 2.75) is 38.6 Å². The molecule has 1 fully saturated rings. The van der Waals surface area contributed by atoms with E-state index in [2.05, 4.69) is 5.16 Å². The Kier molecular flexibility index (Phi) is 4.09. The van der Waals surface area contributed by atoms with Gasteiger partial charge in [-0.3, -0.25) is 4.79 Å². The van der Waals surface area contributed by atoms with Crippen LogP contribution in [0.4, 0.5) is 0 Å². The van der Waals surface area contributed by atoms with Crippen molar-refractivity contribution in [3.63, 3.8) is 0 Å². The van der Waals surface area contributed by atoms with Crippen LogP contribution in [-0.2, 0) is 6.42 Å². The Bertz CT molecular complexity index is 477. The first-order valence-electron chi connectivity index (χ1n) is 6.51. The van der Waals surface area contributed by atoms with Crippen LogP contribution in [0.25, 0.3) is 0 Å². The Hall–Kier alpha value is -1.98. The maximum Gasteiger partial charge on any atom is 0.289 e. The Morgan fingerprint density at radius 3 is 2.84 bits per heavy atom. The number of nitrogens with two attached hydrogens (primary N) is 1. The molecule has 1 amide bonds. The third-order valence-electron chi connectivity index (χ3n) is 3.21. The maximum absolute atomic E-state index is 12.3. The number of nitrogens with zero attached hydrogens (tertiary/aromatic N) is 2. The van der Waals surface area contributed by atoms with Gasteiger partial charge >= 0.3 is 0 Å². The molecule has 1 aromatic heterocycles. The number of carbonyl (C=O) groups is 1. The molecule has 0 bridgehead atoms. The second-order valence-electron chi connectivity index (χ2n) is 4.69. The second-order valence-corrected chi connectivity index (χ2v) is 4.69. The quantitative estimate of drug-likeness (QED) is 0.353. The van der Waals surface area contributed by atoms with Crippen molar-refractivity contribution in [2.24, 2.45) is 10.9 Å². The molecular formula is C13H19N3O3. The number of furan rings is 1. The molecule has 1 aromatic rings. The van der Waals surface area contributed by atoms with E-state index in [9.17, 15) is 4.79 Å². The highest BCUT2D eigenvalue weighted by molar-refractivity contribution is 5.92. The van der Waals surface area contributed by atoms with Crippen LogP contribution in [0, 0.1) is 0 Å². The molecule has 0 atom stereocenters. The van der Waals surface area contributed by atoms with E-state index >= 15 is 0 Å². The van der Waals surface area contributed by atoms with Crippen LogP contribution in [-0.4, -0.2) is 34.4 Å². The molecule has 0 saturated heterocycles.